The third-order valence-electron chi connectivity index (χ3n) is 6.06. The van der Waals surface area contributed by atoms with Gasteiger partial charge in [0.05, 0.1) is 18.0 Å². The van der Waals surface area contributed by atoms with E-state index in [-0.39, 0.29) is 5.91 Å². The summed E-state index contributed by atoms with van der Waals surface area (Å²) in [5.41, 5.74) is 6.68. The fraction of sp³-hybridized carbons (Fsp3) is 0.133. The van der Waals surface area contributed by atoms with E-state index in [1.807, 2.05) is 91.2 Å². The Balaban J connectivity index is 1.32. The highest BCUT2D eigenvalue weighted by molar-refractivity contribution is 8.00. The maximum atomic E-state index is 12.8. The van der Waals surface area contributed by atoms with E-state index in [9.17, 15) is 4.79 Å². The highest BCUT2D eigenvalue weighted by Crippen LogP contribution is 2.27. The van der Waals surface area contributed by atoms with Crippen molar-refractivity contribution < 1.29 is 4.79 Å². The van der Waals surface area contributed by atoms with Gasteiger partial charge in [-0.3, -0.25) is 9.36 Å². The fourth-order valence-electron chi connectivity index (χ4n) is 4.01. The molecule has 190 valence electrons. The lowest BCUT2D eigenvalue weighted by Gasteiger charge is -2.14. The number of nitrogens with zero attached hydrogens (tertiary/aromatic N) is 4. The van der Waals surface area contributed by atoms with E-state index in [2.05, 4.69) is 50.3 Å². The number of hydrogen-bond acceptors (Lipinski definition) is 6. The van der Waals surface area contributed by atoms with Crippen molar-refractivity contribution in [1.29, 1.82) is 0 Å². The zero-order valence-electron chi connectivity index (χ0n) is 21.2. The lowest BCUT2D eigenvalue weighted by Crippen LogP contribution is -2.27. The van der Waals surface area contributed by atoms with Gasteiger partial charge in [0, 0.05) is 16.8 Å². The number of hydrogen-bond donors (Lipinski definition) is 2. The van der Waals surface area contributed by atoms with Crippen molar-refractivity contribution in [2.75, 3.05) is 5.32 Å². The molecule has 0 bridgehead atoms. The van der Waals surface area contributed by atoms with Gasteiger partial charge in [-0.1, -0.05) is 96.2 Å². The Morgan fingerprint density at radius 1 is 0.947 bits per heavy atom. The topological polar surface area (TPSA) is 84.2 Å². The van der Waals surface area contributed by atoms with E-state index in [1.165, 1.54) is 22.7 Å². The number of fused-ring (bicyclic) bond motifs is 1. The zero-order chi connectivity index (χ0) is 26.3. The minimum atomic E-state index is -0.435. The molecule has 0 spiro atoms. The number of thioether (sulfide) groups is 1. The second kappa shape index (κ2) is 11.7. The number of rotatable bonds is 9. The van der Waals surface area contributed by atoms with Crippen LogP contribution in [-0.4, -0.2) is 32.1 Å². The van der Waals surface area contributed by atoms with Crippen LogP contribution in [0.3, 0.4) is 0 Å². The highest BCUT2D eigenvalue weighted by atomic mass is 32.2. The van der Waals surface area contributed by atoms with Gasteiger partial charge in [-0.05, 0) is 43.0 Å². The van der Waals surface area contributed by atoms with E-state index in [1.54, 1.807) is 6.21 Å². The van der Waals surface area contributed by atoms with Gasteiger partial charge in [-0.2, -0.15) is 5.10 Å². The molecule has 0 radical (unpaired) electrons. The van der Waals surface area contributed by atoms with Gasteiger partial charge in [0.25, 0.3) is 5.91 Å². The summed E-state index contributed by atoms with van der Waals surface area (Å²) < 4.78 is 1.99. The molecule has 0 unspecified atom stereocenters. The SMILES string of the molecule is Cc1ccc(/C=N\NC(=O)[C@H](C)Sc2nnc(CNc3cccc4ccccc34)n2-c2ccccc2)cc1. The molecule has 0 saturated carbocycles. The molecule has 1 amide bonds. The first kappa shape index (κ1) is 25.2. The van der Waals surface area contributed by atoms with Gasteiger partial charge < -0.3 is 5.32 Å². The van der Waals surface area contributed by atoms with Gasteiger partial charge >= 0.3 is 0 Å². The monoisotopic (exact) mass is 520 g/mol. The fourth-order valence-corrected chi connectivity index (χ4v) is 4.89. The first-order chi connectivity index (χ1) is 18.6. The van der Waals surface area contributed by atoms with Gasteiger partial charge in [0.2, 0.25) is 0 Å². The number of nitrogens with one attached hydrogen (secondary N) is 2. The van der Waals surface area contributed by atoms with Crippen molar-refractivity contribution in [3.8, 4) is 5.69 Å². The lowest BCUT2D eigenvalue weighted by atomic mass is 10.1. The maximum Gasteiger partial charge on any atom is 0.253 e. The van der Waals surface area contributed by atoms with Crippen LogP contribution in [0.2, 0.25) is 0 Å². The van der Waals surface area contributed by atoms with E-state index in [0.29, 0.717) is 11.7 Å². The van der Waals surface area contributed by atoms with E-state index in [4.69, 9.17) is 0 Å². The minimum absolute atomic E-state index is 0.212. The second-order valence-electron chi connectivity index (χ2n) is 8.86. The van der Waals surface area contributed by atoms with Crippen molar-refractivity contribution in [2.45, 2.75) is 30.8 Å². The average molecular weight is 521 g/mol. The molecule has 4 aromatic carbocycles. The Kier molecular flexibility index (Phi) is 7.80. The molecule has 5 rings (SSSR count). The molecule has 0 fully saturated rings. The van der Waals surface area contributed by atoms with Gasteiger partial charge in [-0.15, -0.1) is 10.2 Å². The van der Waals surface area contributed by atoms with Crippen LogP contribution < -0.4 is 10.7 Å². The molecule has 7 nitrogen and oxygen atoms in total. The van der Waals surface area contributed by atoms with Crippen molar-refractivity contribution in [1.82, 2.24) is 20.2 Å². The quantitative estimate of drug-likeness (QED) is 0.142. The Morgan fingerprint density at radius 3 is 2.50 bits per heavy atom. The smallest absolute Gasteiger partial charge is 0.253 e. The number of aryl methyl sites for hydroxylation is 1. The van der Waals surface area contributed by atoms with Crippen molar-refractivity contribution in [3.63, 3.8) is 0 Å². The Hall–Kier alpha value is -4.43. The van der Waals surface area contributed by atoms with Gasteiger partial charge in [0.1, 0.15) is 0 Å². The number of aromatic nitrogens is 3. The number of para-hydroxylation sites is 1. The standard InChI is InChI=1S/C30H28N6OS/c1-21-15-17-23(18-16-21)19-32-34-29(37)22(2)38-30-35-33-28(36(30)25-11-4-3-5-12-25)20-31-27-14-8-10-24-9-6-7-13-26(24)27/h3-19,22,31H,20H2,1-2H3,(H,34,37)/b32-19-/t22-/m0/s1. The van der Waals surface area contributed by atoms with Crippen LogP contribution in [0, 0.1) is 6.92 Å². The normalized spacial score (nSPS) is 12.1. The average Bonchev–Trinajstić information content (AvgIpc) is 3.35. The number of carbonyl (C=O) groups excluding carboxylic acids is 1. The third kappa shape index (κ3) is 5.92. The van der Waals surface area contributed by atoms with Crippen molar-refractivity contribution >= 4 is 40.3 Å². The number of anilines is 1. The summed E-state index contributed by atoms with van der Waals surface area (Å²) in [4.78, 5) is 12.8. The number of carbonyl (C=O) groups is 1. The first-order valence-electron chi connectivity index (χ1n) is 12.4. The molecular weight excluding hydrogens is 492 g/mol. The van der Waals surface area contributed by atoms with E-state index >= 15 is 0 Å². The molecule has 1 aromatic heterocycles. The Bertz CT molecular complexity index is 1560. The van der Waals surface area contributed by atoms with Crippen LogP contribution in [-0.2, 0) is 11.3 Å². The predicted octanol–water partition coefficient (Wildman–Crippen LogP) is 5.97. The highest BCUT2D eigenvalue weighted by Gasteiger charge is 2.21. The van der Waals surface area contributed by atoms with Crippen molar-refractivity contribution in [3.05, 3.63) is 114 Å². The minimum Gasteiger partial charge on any atom is -0.377 e. The molecular formula is C30H28N6OS. The predicted molar refractivity (Wildman–Crippen MR) is 155 cm³/mol. The van der Waals surface area contributed by atoms with Crippen LogP contribution in [0.5, 0.6) is 0 Å². The molecule has 8 heteroatoms. The van der Waals surface area contributed by atoms with Crippen LogP contribution in [0.15, 0.2) is 107 Å². The molecule has 5 aromatic rings. The second-order valence-corrected chi connectivity index (χ2v) is 10.2. The molecule has 38 heavy (non-hydrogen) atoms. The van der Waals surface area contributed by atoms with E-state index in [0.717, 1.165) is 28.1 Å². The van der Waals surface area contributed by atoms with Crippen LogP contribution >= 0.6 is 11.8 Å². The summed E-state index contributed by atoms with van der Waals surface area (Å²) in [7, 11) is 0. The number of benzene rings is 4. The van der Waals surface area contributed by atoms with Crippen LogP contribution in [0.25, 0.3) is 16.5 Å². The molecule has 1 heterocycles. The molecule has 0 aliphatic carbocycles. The summed E-state index contributed by atoms with van der Waals surface area (Å²) in [5, 5.41) is 19.1. The number of amides is 1. The summed E-state index contributed by atoms with van der Waals surface area (Å²) in [6.45, 7) is 4.33. The zero-order valence-corrected chi connectivity index (χ0v) is 22.0. The van der Waals surface area contributed by atoms with E-state index < -0.39 is 5.25 Å². The van der Waals surface area contributed by atoms with Gasteiger partial charge in [0.15, 0.2) is 11.0 Å². The molecule has 0 aliphatic rings. The molecule has 2 N–H and O–H groups in total. The van der Waals surface area contributed by atoms with Crippen molar-refractivity contribution in [2.24, 2.45) is 5.10 Å². The largest absolute Gasteiger partial charge is 0.377 e. The third-order valence-corrected chi connectivity index (χ3v) is 7.10. The summed E-state index contributed by atoms with van der Waals surface area (Å²) >= 11 is 1.34. The maximum absolute atomic E-state index is 12.8. The Labute approximate surface area is 226 Å². The van der Waals surface area contributed by atoms with Crippen LogP contribution in [0.1, 0.15) is 23.9 Å². The molecule has 0 saturated heterocycles. The summed E-state index contributed by atoms with van der Waals surface area (Å²) in [5.74, 6) is 0.535. The van der Waals surface area contributed by atoms with Gasteiger partial charge in [-0.25, -0.2) is 5.43 Å². The number of hydrazone groups is 1. The Morgan fingerprint density at radius 2 is 1.68 bits per heavy atom. The lowest BCUT2D eigenvalue weighted by molar-refractivity contribution is -0.120. The first-order valence-corrected chi connectivity index (χ1v) is 13.2. The summed E-state index contributed by atoms with van der Waals surface area (Å²) in [6.07, 6.45) is 1.64. The summed E-state index contributed by atoms with van der Waals surface area (Å²) in [6, 6.07) is 32.3. The molecule has 0 aliphatic heterocycles. The molecule has 1 atom stereocenters. The van der Waals surface area contributed by atoms with Crippen LogP contribution in [0.4, 0.5) is 5.69 Å².